The number of sulfonamides is 1. The van der Waals surface area contributed by atoms with Crippen molar-refractivity contribution in [3.8, 4) is 11.5 Å². The normalized spacial score (nSPS) is 14.5. The highest BCUT2D eigenvalue weighted by Crippen LogP contribution is 2.38. The molecule has 3 heterocycles. The highest BCUT2D eigenvalue weighted by Gasteiger charge is 2.37. The summed E-state index contributed by atoms with van der Waals surface area (Å²) in [7, 11) is -1.55. The Hall–Kier alpha value is -3.74. The standard InChI is InChI=1S/C23H24F3N5O4S/c1-34-17-12-18(35-2)14-19(13-17)36(32,33)29-16-11-20(23(24,25)26)22(28-15-16)31-9-7-30(8-10-31)21-5-3-4-6-27-21/h3-6,11-15,29H,7-10H2,1-2H3. The zero-order valence-electron chi connectivity index (χ0n) is 19.5. The molecule has 1 aliphatic heterocycles. The molecule has 0 atom stereocenters. The molecule has 0 unspecified atom stereocenters. The van der Waals surface area contributed by atoms with Crippen LogP contribution in [-0.4, -0.2) is 58.8 Å². The van der Waals surface area contributed by atoms with Crippen LogP contribution in [0.2, 0.25) is 0 Å². The fraction of sp³-hybridized carbons (Fsp3) is 0.304. The molecule has 0 spiro atoms. The van der Waals surface area contributed by atoms with E-state index in [0.717, 1.165) is 18.1 Å². The molecule has 13 heteroatoms. The smallest absolute Gasteiger partial charge is 0.420 e. The molecule has 192 valence electrons. The number of methoxy groups -OCH3 is 2. The van der Waals surface area contributed by atoms with E-state index in [2.05, 4.69) is 14.7 Å². The summed E-state index contributed by atoms with van der Waals surface area (Å²) in [4.78, 5) is 11.6. The Bertz CT molecular complexity index is 1290. The van der Waals surface area contributed by atoms with Gasteiger partial charge in [-0.25, -0.2) is 18.4 Å². The number of piperazine rings is 1. The zero-order valence-corrected chi connectivity index (χ0v) is 20.3. The summed E-state index contributed by atoms with van der Waals surface area (Å²) < 4.78 is 80.1. The van der Waals surface area contributed by atoms with Crippen LogP contribution in [0.3, 0.4) is 0 Å². The van der Waals surface area contributed by atoms with Gasteiger partial charge in [-0.3, -0.25) is 4.72 Å². The lowest BCUT2D eigenvalue weighted by atomic mass is 10.2. The number of benzene rings is 1. The molecule has 1 fully saturated rings. The van der Waals surface area contributed by atoms with Gasteiger partial charge in [-0.15, -0.1) is 0 Å². The average molecular weight is 524 g/mol. The van der Waals surface area contributed by atoms with Gasteiger partial charge in [0.25, 0.3) is 10.0 Å². The van der Waals surface area contributed by atoms with Gasteiger partial charge in [-0.2, -0.15) is 13.2 Å². The van der Waals surface area contributed by atoms with Gasteiger partial charge >= 0.3 is 6.18 Å². The Morgan fingerprint density at radius 3 is 2.11 bits per heavy atom. The molecule has 1 saturated heterocycles. The number of halogens is 3. The van der Waals surface area contributed by atoms with Crippen LogP contribution in [0.25, 0.3) is 0 Å². The largest absolute Gasteiger partial charge is 0.497 e. The minimum Gasteiger partial charge on any atom is -0.497 e. The molecule has 9 nitrogen and oxygen atoms in total. The Kier molecular flexibility index (Phi) is 7.11. The van der Waals surface area contributed by atoms with Crippen molar-refractivity contribution in [2.24, 2.45) is 0 Å². The summed E-state index contributed by atoms with van der Waals surface area (Å²) in [5.41, 5.74) is -1.35. The van der Waals surface area contributed by atoms with Crippen molar-refractivity contribution in [2.45, 2.75) is 11.1 Å². The van der Waals surface area contributed by atoms with Crippen LogP contribution < -0.4 is 24.0 Å². The molecular formula is C23H24F3N5O4S. The van der Waals surface area contributed by atoms with E-state index < -0.39 is 21.8 Å². The monoisotopic (exact) mass is 523 g/mol. The number of anilines is 3. The number of aromatic nitrogens is 2. The van der Waals surface area contributed by atoms with Crippen LogP contribution in [0.5, 0.6) is 11.5 Å². The Labute approximate surface area is 206 Å². The van der Waals surface area contributed by atoms with Gasteiger partial charge < -0.3 is 19.3 Å². The van der Waals surface area contributed by atoms with Crippen molar-refractivity contribution in [1.82, 2.24) is 9.97 Å². The first-order valence-corrected chi connectivity index (χ1v) is 12.3. The summed E-state index contributed by atoms with van der Waals surface area (Å²) in [6.45, 7) is 1.51. The predicted octanol–water partition coefficient (Wildman–Crippen LogP) is 3.64. The number of rotatable bonds is 7. The lowest BCUT2D eigenvalue weighted by Gasteiger charge is -2.37. The van der Waals surface area contributed by atoms with Crippen molar-refractivity contribution in [2.75, 3.05) is 54.9 Å². The van der Waals surface area contributed by atoms with Crippen LogP contribution in [0.4, 0.5) is 30.5 Å². The minimum atomic E-state index is -4.75. The molecule has 36 heavy (non-hydrogen) atoms. The van der Waals surface area contributed by atoms with Gasteiger partial charge in [0.1, 0.15) is 28.7 Å². The molecule has 4 rings (SSSR count). The minimum absolute atomic E-state index is 0.212. The SMILES string of the molecule is COc1cc(OC)cc(S(=O)(=O)Nc2cnc(N3CCN(c4ccccn4)CC3)c(C(F)(F)F)c2)c1. The maximum atomic E-state index is 14.0. The van der Waals surface area contributed by atoms with E-state index in [1.54, 1.807) is 12.3 Å². The lowest BCUT2D eigenvalue weighted by Crippen LogP contribution is -2.47. The van der Waals surface area contributed by atoms with Crippen molar-refractivity contribution < 1.29 is 31.1 Å². The highest BCUT2D eigenvalue weighted by atomic mass is 32.2. The van der Waals surface area contributed by atoms with E-state index in [-0.39, 0.29) is 27.9 Å². The van der Waals surface area contributed by atoms with Gasteiger partial charge in [0.2, 0.25) is 0 Å². The van der Waals surface area contributed by atoms with E-state index in [4.69, 9.17) is 9.47 Å². The third-order valence-corrected chi connectivity index (χ3v) is 6.97. The number of pyridine rings is 2. The molecule has 1 aliphatic rings. The summed E-state index contributed by atoms with van der Waals surface area (Å²) >= 11 is 0. The van der Waals surface area contributed by atoms with Gasteiger partial charge in [0.15, 0.2) is 0 Å². The van der Waals surface area contributed by atoms with E-state index >= 15 is 0 Å². The molecule has 0 aliphatic carbocycles. The van der Waals surface area contributed by atoms with Gasteiger partial charge in [0, 0.05) is 50.6 Å². The van der Waals surface area contributed by atoms with Crippen molar-refractivity contribution in [3.05, 3.63) is 60.4 Å². The van der Waals surface area contributed by atoms with Crippen molar-refractivity contribution in [3.63, 3.8) is 0 Å². The Morgan fingerprint density at radius 1 is 0.917 bits per heavy atom. The van der Waals surface area contributed by atoms with E-state index in [1.807, 2.05) is 17.0 Å². The Morgan fingerprint density at radius 2 is 1.56 bits per heavy atom. The molecule has 3 aromatic rings. The summed E-state index contributed by atoms with van der Waals surface area (Å²) in [5, 5.41) is 0. The first kappa shape index (κ1) is 25.4. The molecule has 2 aromatic heterocycles. The number of ether oxygens (including phenoxy) is 2. The summed E-state index contributed by atoms with van der Waals surface area (Å²) in [6.07, 6.45) is -2.02. The highest BCUT2D eigenvalue weighted by molar-refractivity contribution is 7.92. The third kappa shape index (κ3) is 5.56. The number of hydrogen-bond acceptors (Lipinski definition) is 8. The van der Waals surface area contributed by atoms with Gasteiger partial charge in [0.05, 0.1) is 31.0 Å². The fourth-order valence-corrected chi connectivity index (χ4v) is 4.90. The van der Waals surface area contributed by atoms with Gasteiger partial charge in [-0.1, -0.05) is 6.07 Å². The zero-order chi connectivity index (χ0) is 25.9. The van der Waals surface area contributed by atoms with Crippen molar-refractivity contribution in [1.29, 1.82) is 0 Å². The lowest BCUT2D eigenvalue weighted by molar-refractivity contribution is -0.137. The van der Waals surface area contributed by atoms with Crippen LogP contribution >= 0.6 is 0 Å². The third-order valence-electron chi connectivity index (χ3n) is 5.61. The number of nitrogens with zero attached hydrogens (tertiary/aromatic N) is 4. The molecule has 1 aromatic carbocycles. The molecule has 1 N–H and O–H groups in total. The average Bonchev–Trinajstić information content (AvgIpc) is 2.88. The van der Waals surface area contributed by atoms with E-state index in [9.17, 15) is 21.6 Å². The summed E-state index contributed by atoms with van der Waals surface area (Å²) in [6, 6.07) is 10.2. The number of alkyl halides is 3. The fourth-order valence-electron chi connectivity index (χ4n) is 3.81. The maximum Gasteiger partial charge on any atom is 0.420 e. The quantitative estimate of drug-likeness (QED) is 0.502. The second-order valence-electron chi connectivity index (χ2n) is 7.91. The second kappa shape index (κ2) is 10.1. The van der Waals surface area contributed by atoms with E-state index in [0.29, 0.717) is 26.2 Å². The first-order chi connectivity index (χ1) is 17.1. The molecule has 0 bridgehead atoms. The topological polar surface area (TPSA) is 96.9 Å². The second-order valence-corrected chi connectivity index (χ2v) is 9.59. The molecular weight excluding hydrogens is 499 g/mol. The molecule has 0 amide bonds. The van der Waals surface area contributed by atoms with Crippen LogP contribution in [0.1, 0.15) is 5.56 Å². The van der Waals surface area contributed by atoms with Crippen LogP contribution in [0, 0.1) is 0 Å². The van der Waals surface area contributed by atoms with E-state index in [1.165, 1.54) is 37.3 Å². The number of hydrogen-bond donors (Lipinski definition) is 1. The Balaban J connectivity index is 1.58. The molecule has 0 saturated carbocycles. The maximum absolute atomic E-state index is 14.0. The predicted molar refractivity (Wildman–Crippen MR) is 128 cm³/mol. The summed E-state index contributed by atoms with van der Waals surface area (Å²) in [5.74, 6) is 0.919. The molecule has 0 radical (unpaired) electrons. The number of nitrogens with one attached hydrogen (secondary N) is 1. The van der Waals surface area contributed by atoms with Crippen molar-refractivity contribution >= 4 is 27.3 Å². The van der Waals surface area contributed by atoms with Crippen LogP contribution in [-0.2, 0) is 16.2 Å². The first-order valence-electron chi connectivity index (χ1n) is 10.8. The van der Waals surface area contributed by atoms with Gasteiger partial charge in [-0.05, 0) is 18.2 Å². The van der Waals surface area contributed by atoms with Crippen LogP contribution in [0.15, 0.2) is 59.8 Å².